The summed E-state index contributed by atoms with van der Waals surface area (Å²) in [4.78, 5) is 24.0. The number of hydrogen-bond donors (Lipinski definition) is 1. The van der Waals surface area contributed by atoms with Crippen LogP contribution < -0.4 is 5.32 Å². The van der Waals surface area contributed by atoms with E-state index in [1.165, 1.54) is 25.7 Å². The maximum absolute atomic E-state index is 11.3. The van der Waals surface area contributed by atoms with Gasteiger partial charge in [0.25, 0.3) is 0 Å². The van der Waals surface area contributed by atoms with E-state index < -0.39 is 0 Å². The lowest BCUT2D eigenvalue weighted by Crippen LogP contribution is -2.34. The Bertz CT molecular complexity index is 305. The first-order chi connectivity index (χ1) is 6.70. The average Bonchev–Trinajstić information content (AvgIpc) is 2.97. The number of nitrogens with zero attached hydrogens (tertiary/aromatic N) is 1. The van der Waals surface area contributed by atoms with Crippen LogP contribution in [0.25, 0.3) is 0 Å². The molecule has 0 radical (unpaired) electrons. The second kappa shape index (κ2) is 2.49. The molecule has 0 aromatic heterocycles. The minimum Gasteiger partial charge on any atom is -0.315 e. The van der Waals surface area contributed by atoms with Gasteiger partial charge in [-0.3, -0.25) is 10.1 Å². The van der Waals surface area contributed by atoms with Crippen molar-refractivity contribution >= 4 is 11.9 Å². The SMILES string of the molecule is O=C1CN(CC2(C3CC3)CC2)C(=O)N1. The minimum atomic E-state index is -0.193. The first-order valence-electron chi connectivity index (χ1n) is 5.28. The van der Waals surface area contributed by atoms with Crippen molar-refractivity contribution in [3.63, 3.8) is 0 Å². The van der Waals surface area contributed by atoms with E-state index in [4.69, 9.17) is 0 Å². The molecule has 0 spiro atoms. The van der Waals surface area contributed by atoms with Crippen molar-refractivity contribution in [3.8, 4) is 0 Å². The lowest BCUT2D eigenvalue weighted by molar-refractivity contribution is -0.118. The van der Waals surface area contributed by atoms with Crippen molar-refractivity contribution in [2.45, 2.75) is 25.7 Å². The van der Waals surface area contributed by atoms with Gasteiger partial charge in [0.2, 0.25) is 5.91 Å². The molecule has 1 aliphatic heterocycles. The normalized spacial score (nSPS) is 29.3. The van der Waals surface area contributed by atoms with Gasteiger partial charge >= 0.3 is 6.03 Å². The molecule has 0 bridgehead atoms. The molecule has 4 heteroatoms. The van der Waals surface area contributed by atoms with Crippen LogP contribution in [-0.2, 0) is 4.79 Å². The maximum atomic E-state index is 11.3. The third-order valence-corrected chi connectivity index (χ3v) is 3.71. The van der Waals surface area contributed by atoms with Crippen LogP contribution in [0.1, 0.15) is 25.7 Å². The molecule has 76 valence electrons. The molecule has 4 nitrogen and oxygen atoms in total. The summed E-state index contributed by atoms with van der Waals surface area (Å²) < 4.78 is 0. The zero-order valence-electron chi connectivity index (χ0n) is 8.08. The largest absolute Gasteiger partial charge is 0.324 e. The average molecular weight is 194 g/mol. The molecule has 14 heavy (non-hydrogen) atoms. The van der Waals surface area contributed by atoms with Gasteiger partial charge < -0.3 is 4.90 Å². The summed E-state index contributed by atoms with van der Waals surface area (Å²) in [5, 5.41) is 2.32. The van der Waals surface area contributed by atoms with Gasteiger partial charge in [-0.2, -0.15) is 0 Å². The Labute approximate surface area is 82.6 Å². The minimum absolute atomic E-state index is 0.151. The van der Waals surface area contributed by atoms with Crippen LogP contribution in [0.5, 0.6) is 0 Å². The Kier molecular flexibility index (Phi) is 1.47. The van der Waals surface area contributed by atoms with Gasteiger partial charge in [-0.25, -0.2) is 4.79 Å². The molecule has 3 rings (SSSR count). The molecular formula is C10H14N2O2. The lowest BCUT2D eigenvalue weighted by Gasteiger charge is -2.21. The number of amides is 3. The van der Waals surface area contributed by atoms with Crippen LogP contribution in [0.3, 0.4) is 0 Å². The van der Waals surface area contributed by atoms with Gasteiger partial charge in [-0.15, -0.1) is 0 Å². The first kappa shape index (κ1) is 8.26. The highest BCUT2D eigenvalue weighted by atomic mass is 16.2. The zero-order valence-corrected chi connectivity index (χ0v) is 8.08. The third kappa shape index (κ3) is 1.21. The van der Waals surface area contributed by atoms with Gasteiger partial charge in [-0.05, 0) is 37.0 Å². The summed E-state index contributed by atoms with van der Waals surface area (Å²) in [6.07, 6.45) is 5.14. The number of nitrogens with one attached hydrogen (secondary N) is 1. The fourth-order valence-electron chi connectivity index (χ4n) is 2.54. The quantitative estimate of drug-likeness (QED) is 0.673. The zero-order chi connectivity index (χ0) is 9.76. The fourth-order valence-corrected chi connectivity index (χ4v) is 2.54. The molecule has 1 saturated heterocycles. The Morgan fingerprint density at radius 1 is 1.36 bits per heavy atom. The molecule has 0 unspecified atom stereocenters. The number of carbonyl (C=O) groups excluding carboxylic acids is 2. The summed E-state index contributed by atoms with van der Waals surface area (Å²) >= 11 is 0. The van der Waals surface area contributed by atoms with E-state index in [0.717, 1.165) is 12.5 Å². The highest BCUT2D eigenvalue weighted by molar-refractivity contribution is 6.01. The summed E-state index contributed by atoms with van der Waals surface area (Å²) in [5.41, 5.74) is 0.405. The van der Waals surface area contributed by atoms with Crippen LogP contribution >= 0.6 is 0 Å². The van der Waals surface area contributed by atoms with Gasteiger partial charge in [0.1, 0.15) is 6.54 Å². The second-order valence-electron chi connectivity index (χ2n) is 4.85. The van der Waals surface area contributed by atoms with E-state index in [1.807, 2.05) is 0 Å². The Hall–Kier alpha value is -1.06. The molecule has 0 aromatic carbocycles. The van der Waals surface area contributed by atoms with E-state index in [1.54, 1.807) is 4.90 Å². The highest BCUT2D eigenvalue weighted by Gasteiger charge is 2.55. The summed E-state index contributed by atoms with van der Waals surface area (Å²) in [6, 6.07) is -0.193. The van der Waals surface area contributed by atoms with Crippen LogP contribution in [0, 0.1) is 11.3 Å². The second-order valence-corrected chi connectivity index (χ2v) is 4.85. The van der Waals surface area contributed by atoms with Gasteiger partial charge in [0.05, 0.1) is 0 Å². The number of carbonyl (C=O) groups is 2. The first-order valence-corrected chi connectivity index (χ1v) is 5.28. The highest BCUT2D eigenvalue weighted by Crippen LogP contribution is 2.61. The van der Waals surface area contributed by atoms with Crippen molar-refractivity contribution in [2.24, 2.45) is 11.3 Å². The van der Waals surface area contributed by atoms with Crippen LogP contribution in [0.15, 0.2) is 0 Å². The molecule has 3 amide bonds. The number of rotatable bonds is 3. The van der Waals surface area contributed by atoms with Gasteiger partial charge in [0.15, 0.2) is 0 Å². The Balaban J connectivity index is 1.67. The van der Waals surface area contributed by atoms with Crippen LogP contribution in [0.4, 0.5) is 4.79 Å². The molecule has 2 aliphatic carbocycles. The fraction of sp³-hybridized carbons (Fsp3) is 0.800. The van der Waals surface area contributed by atoms with E-state index in [-0.39, 0.29) is 18.5 Å². The smallest absolute Gasteiger partial charge is 0.315 e. The summed E-state index contributed by atoms with van der Waals surface area (Å²) in [5.74, 6) is 0.688. The van der Waals surface area contributed by atoms with Crippen molar-refractivity contribution < 1.29 is 9.59 Å². The predicted octanol–water partition coefficient (Wildman–Crippen LogP) is 0.728. The van der Waals surface area contributed by atoms with Gasteiger partial charge in [-0.1, -0.05) is 0 Å². The van der Waals surface area contributed by atoms with Crippen LogP contribution in [0.2, 0.25) is 0 Å². The van der Waals surface area contributed by atoms with Crippen molar-refractivity contribution in [1.82, 2.24) is 10.2 Å². The number of urea groups is 1. The van der Waals surface area contributed by atoms with Crippen LogP contribution in [-0.4, -0.2) is 29.9 Å². The molecule has 3 aliphatic rings. The predicted molar refractivity (Wildman–Crippen MR) is 49.5 cm³/mol. The standard InChI is InChI=1S/C10H14N2O2/c13-8-5-12(9(14)11-8)6-10(3-4-10)7-1-2-7/h7H,1-6H2,(H,11,13,14). The van der Waals surface area contributed by atoms with E-state index in [0.29, 0.717) is 5.41 Å². The van der Waals surface area contributed by atoms with E-state index in [2.05, 4.69) is 5.32 Å². The van der Waals surface area contributed by atoms with Crippen molar-refractivity contribution in [2.75, 3.05) is 13.1 Å². The summed E-state index contributed by atoms with van der Waals surface area (Å²) in [7, 11) is 0. The monoisotopic (exact) mass is 194 g/mol. The molecule has 0 aromatic rings. The Morgan fingerprint density at radius 2 is 2.07 bits per heavy atom. The van der Waals surface area contributed by atoms with E-state index in [9.17, 15) is 9.59 Å². The molecule has 1 N–H and O–H groups in total. The maximum Gasteiger partial charge on any atom is 0.324 e. The van der Waals surface area contributed by atoms with Crippen molar-refractivity contribution in [3.05, 3.63) is 0 Å². The lowest BCUT2D eigenvalue weighted by atomic mass is 10.0. The molecular weight excluding hydrogens is 180 g/mol. The topological polar surface area (TPSA) is 49.4 Å². The molecule has 3 fully saturated rings. The van der Waals surface area contributed by atoms with Gasteiger partial charge in [0, 0.05) is 6.54 Å². The summed E-state index contributed by atoms with van der Waals surface area (Å²) in [6.45, 7) is 1.07. The van der Waals surface area contributed by atoms with Crippen molar-refractivity contribution in [1.29, 1.82) is 0 Å². The number of imide groups is 1. The molecule has 1 heterocycles. The molecule has 0 atom stereocenters. The molecule has 2 saturated carbocycles. The third-order valence-electron chi connectivity index (χ3n) is 3.71. The Morgan fingerprint density at radius 3 is 2.50 bits per heavy atom. The number of hydrogen-bond acceptors (Lipinski definition) is 2. The van der Waals surface area contributed by atoms with E-state index >= 15 is 0 Å².